The molecule has 0 amide bonds. The predicted octanol–water partition coefficient (Wildman–Crippen LogP) is 3.80. The molecule has 0 unspecified atom stereocenters. The van der Waals surface area contributed by atoms with E-state index in [9.17, 15) is 5.11 Å². The Balaban J connectivity index is 1.88. The molecule has 0 saturated heterocycles. The maximum atomic E-state index is 9.99. The summed E-state index contributed by atoms with van der Waals surface area (Å²) in [6.45, 7) is 0. The molecule has 2 nitrogen and oxygen atoms in total. The number of aliphatic hydroxyl groups excluding tert-OH is 1. The van der Waals surface area contributed by atoms with Crippen molar-refractivity contribution in [3.05, 3.63) is 48.2 Å². The molecule has 1 fully saturated rings. The molecule has 0 spiro atoms. The summed E-state index contributed by atoms with van der Waals surface area (Å²) >= 11 is 0. The van der Waals surface area contributed by atoms with E-state index < -0.39 is 0 Å². The maximum absolute atomic E-state index is 9.99. The van der Waals surface area contributed by atoms with Crippen molar-refractivity contribution in [2.75, 3.05) is 0 Å². The fraction of sp³-hybridized carbons (Fsp3) is 0.353. The predicted molar refractivity (Wildman–Crippen MR) is 78.7 cm³/mol. The minimum absolute atomic E-state index is 0.173. The SMILES string of the molecule is O[C@@H]1CCCC[C@H]1/C=C/c1cccc2cccnc12. The summed E-state index contributed by atoms with van der Waals surface area (Å²) in [5.41, 5.74) is 2.17. The Bertz CT molecular complexity index is 585. The molecule has 0 radical (unpaired) electrons. The Kier molecular flexibility index (Phi) is 3.60. The summed E-state index contributed by atoms with van der Waals surface area (Å²) in [5.74, 6) is 0.299. The molecule has 1 aromatic carbocycles. The van der Waals surface area contributed by atoms with E-state index in [1.54, 1.807) is 0 Å². The lowest BCUT2D eigenvalue weighted by Crippen LogP contribution is -2.22. The van der Waals surface area contributed by atoms with Crippen molar-refractivity contribution >= 4 is 17.0 Å². The number of nitrogens with zero attached hydrogens (tertiary/aromatic N) is 1. The van der Waals surface area contributed by atoms with Crippen molar-refractivity contribution < 1.29 is 5.11 Å². The Morgan fingerprint density at radius 2 is 1.95 bits per heavy atom. The van der Waals surface area contributed by atoms with Crippen molar-refractivity contribution in [2.24, 2.45) is 5.92 Å². The molecule has 2 aromatic rings. The molecule has 1 saturated carbocycles. The molecule has 1 aliphatic rings. The summed E-state index contributed by atoms with van der Waals surface area (Å²) in [4.78, 5) is 4.45. The Hall–Kier alpha value is -1.67. The zero-order valence-electron chi connectivity index (χ0n) is 11.0. The summed E-state index contributed by atoms with van der Waals surface area (Å²) in [6.07, 6.45) is 10.3. The molecule has 2 atom stereocenters. The van der Waals surface area contributed by atoms with Gasteiger partial charge in [0.15, 0.2) is 0 Å². The Morgan fingerprint density at radius 3 is 2.84 bits per heavy atom. The number of aliphatic hydroxyl groups is 1. The molecule has 2 heteroatoms. The van der Waals surface area contributed by atoms with Gasteiger partial charge in [-0.2, -0.15) is 0 Å². The molecule has 0 aliphatic heterocycles. The van der Waals surface area contributed by atoms with Gasteiger partial charge in [-0.05, 0) is 18.9 Å². The summed E-state index contributed by atoms with van der Waals surface area (Å²) in [5, 5.41) is 11.2. The van der Waals surface area contributed by atoms with E-state index in [1.807, 2.05) is 12.3 Å². The van der Waals surface area contributed by atoms with E-state index in [-0.39, 0.29) is 6.10 Å². The smallest absolute Gasteiger partial charge is 0.0774 e. The van der Waals surface area contributed by atoms with Gasteiger partial charge in [-0.3, -0.25) is 4.98 Å². The van der Waals surface area contributed by atoms with Crippen LogP contribution in [0.2, 0.25) is 0 Å². The number of hydrogen-bond donors (Lipinski definition) is 1. The zero-order chi connectivity index (χ0) is 13.1. The highest BCUT2D eigenvalue weighted by Crippen LogP contribution is 2.26. The minimum Gasteiger partial charge on any atom is -0.393 e. The van der Waals surface area contributed by atoms with Crippen LogP contribution in [0, 0.1) is 5.92 Å². The molecule has 98 valence electrons. The van der Waals surface area contributed by atoms with E-state index in [1.165, 1.54) is 6.42 Å². The van der Waals surface area contributed by atoms with Gasteiger partial charge in [0.25, 0.3) is 0 Å². The normalized spacial score (nSPS) is 24.1. The topological polar surface area (TPSA) is 33.1 Å². The van der Waals surface area contributed by atoms with Crippen molar-refractivity contribution in [1.29, 1.82) is 0 Å². The van der Waals surface area contributed by atoms with Crippen LogP contribution >= 0.6 is 0 Å². The van der Waals surface area contributed by atoms with E-state index in [4.69, 9.17) is 0 Å². The molecule has 0 bridgehead atoms. The van der Waals surface area contributed by atoms with E-state index in [0.29, 0.717) is 5.92 Å². The van der Waals surface area contributed by atoms with Crippen LogP contribution < -0.4 is 0 Å². The lowest BCUT2D eigenvalue weighted by molar-refractivity contribution is 0.0931. The first-order chi connectivity index (χ1) is 9.34. The molecular formula is C17H19NO. The third-order valence-corrected chi connectivity index (χ3v) is 3.97. The van der Waals surface area contributed by atoms with Crippen molar-refractivity contribution in [2.45, 2.75) is 31.8 Å². The highest BCUT2D eigenvalue weighted by molar-refractivity contribution is 5.86. The van der Waals surface area contributed by atoms with Crippen LogP contribution in [0.3, 0.4) is 0 Å². The third-order valence-electron chi connectivity index (χ3n) is 3.97. The number of rotatable bonds is 2. The van der Waals surface area contributed by atoms with Gasteiger partial charge in [0.2, 0.25) is 0 Å². The first kappa shape index (κ1) is 12.4. The molecule has 3 rings (SSSR count). The molecule has 1 aliphatic carbocycles. The second-order valence-corrected chi connectivity index (χ2v) is 5.30. The highest BCUT2D eigenvalue weighted by atomic mass is 16.3. The number of pyridine rings is 1. The average Bonchev–Trinajstić information content (AvgIpc) is 2.46. The highest BCUT2D eigenvalue weighted by Gasteiger charge is 2.20. The van der Waals surface area contributed by atoms with Gasteiger partial charge in [0.1, 0.15) is 0 Å². The monoisotopic (exact) mass is 253 g/mol. The minimum atomic E-state index is -0.173. The molecule has 19 heavy (non-hydrogen) atoms. The van der Waals surface area contributed by atoms with E-state index >= 15 is 0 Å². The van der Waals surface area contributed by atoms with Crippen LogP contribution in [-0.2, 0) is 0 Å². The maximum Gasteiger partial charge on any atom is 0.0774 e. The Morgan fingerprint density at radius 1 is 1.11 bits per heavy atom. The standard InChI is InChI=1S/C17H19NO/c19-16-9-2-1-5-13(16)10-11-15-7-3-6-14-8-4-12-18-17(14)15/h3-4,6-8,10-13,16,19H,1-2,5,9H2/b11-10+/t13-,16+/m0/s1. The summed E-state index contributed by atoms with van der Waals surface area (Å²) in [6, 6.07) is 10.3. The van der Waals surface area contributed by atoms with Gasteiger partial charge in [-0.15, -0.1) is 0 Å². The zero-order valence-corrected chi connectivity index (χ0v) is 11.0. The van der Waals surface area contributed by atoms with Crippen molar-refractivity contribution in [1.82, 2.24) is 4.98 Å². The second-order valence-electron chi connectivity index (χ2n) is 5.30. The van der Waals surface area contributed by atoms with Crippen LogP contribution in [0.4, 0.5) is 0 Å². The number of aromatic nitrogens is 1. The first-order valence-electron chi connectivity index (χ1n) is 7.04. The average molecular weight is 253 g/mol. The molecule has 1 heterocycles. The van der Waals surface area contributed by atoms with Crippen LogP contribution in [0.25, 0.3) is 17.0 Å². The first-order valence-corrected chi connectivity index (χ1v) is 7.04. The molecule has 1 N–H and O–H groups in total. The summed E-state index contributed by atoms with van der Waals surface area (Å²) in [7, 11) is 0. The Labute approximate surface area is 113 Å². The van der Waals surface area contributed by atoms with Gasteiger partial charge in [-0.25, -0.2) is 0 Å². The van der Waals surface area contributed by atoms with Crippen molar-refractivity contribution in [3.63, 3.8) is 0 Å². The molecule has 1 aromatic heterocycles. The largest absolute Gasteiger partial charge is 0.393 e. The van der Waals surface area contributed by atoms with E-state index in [0.717, 1.165) is 35.7 Å². The summed E-state index contributed by atoms with van der Waals surface area (Å²) < 4.78 is 0. The lowest BCUT2D eigenvalue weighted by atomic mass is 9.86. The second kappa shape index (κ2) is 5.54. The van der Waals surface area contributed by atoms with Crippen LogP contribution in [0.1, 0.15) is 31.2 Å². The lowest BCUT2D eigenvalue weighted by Gasteiger charge is -2.24. The van der Waals surface area contributed by atoms with Gasteiger partial charge in [0.05, 0.1) is 11.6 Å². The number of fused-ring (bicyclic) bond motifs is 1. The van der Waals surface area contributed by atoms with Crippen LogP contribution in [-0.4, -0.2) is 16.2 Å². The van der Waals surface area contributed by atoms with Gasteiger partial charge < -0.3 is 5.11 Å². The van der Waals surface area contributed by atoms with E-state index in [2.05, 4.69) is 41.4 Å². The van der Waals surface area contributed by atoms with Crippen molar-refractivity contribution in [3.8, 4) is 0 Å². The fourth-order valence-corrected chi connectivity index (χ4v) is 2.85. The third kappa shape index (κ3) is 2.69. The van der Waals surface area contributed by atoms with Gasteiger partial charge >= 0.3 is 0 Å². The van der Waals surface area contributed by atoms with Crippen LogP contribution in [0.5, 0.6) is 0 Å². The van der Waals surface area contributed by atoms with Gasteiger partial charge in [-0.1, -0.05) is 49.3 Å². The fourth-order valence-electron chi connectivity index (χ4n) is 2.85. The van der Waals surface area contributed by atoms with Crippen LogP contribution in [0.15, 0.2) is 42.6 Å². The van der Waals surface area contributed by atoms with Gasteiger partial charge in [0, 0.05) is 23.1 Å². The number of hydrogen-bond acceptors (Lipinski definition) is 2. The number of benzene rings is 1. The number of para-hydroxylation sites is 1. The molecular weight excluding hydrogens is 234 g/mol. The quantitative estimate of drug-likeness (QED) is 0.883.